The van der Waals surface area contributed by atoms with Crippen molar-refractivity contribution in [3.63, 3.8) is 0 Å². The van der Waals surface area contributed by atoms with Crippen LogP contribution in [0.3, 0.4) is 0 Å². The van der Waals surface area contributed by atoms with Crippen molar-refractivity contribution in [1.82, 2.24) is 10.3 Å². The molecule has 48 heavy (non-hydrogen) atoms. The van der Waals surface area contributed by atoms with Crippen molar-refractivity contribution in [3.05, 3.63) is 65.2 Å². The fraction of sp³-hybridized carbons (Fsp3) is 0.514. The molecule has 1 fully saturated rings. The SMILES string of the molecule is CO[C@@H]1\C=C/C=C\C=C/C[C@@H](OC(=O)[C@@H](C)NC(=O)C2CCCCC2)[C@H](C)[C@@H](O)/C(C)=C\CCc2c(O)c(cc3ncsc23)NC(=O)C1. The van der Waals surface area contributed by atoms with Crippen LogP contribution in [0.15, 0.2) is 59.7 Å². The summed E-state index contributed by atoms with van der Waals surface area (Å²) in [5, 5.41) is 28.3. The van der Waals surface area contributed by atoms with E-state index in [0.29, 0.717) is 35.9 Å². The molecule has 11 heteroatoms. The molecule has 1 aromatic heterocycles. The number of aromatic hydroxyl groups is 1. The monoisotopic (exact) mass is 679 g/mol. The first-order valence-electron chi connectivity index (χ1n) is 16.8. The Morgan fingerprint density at radius 3 is 2.65 bits per heavy atom. The van der Waals surface area contributed by atoms with Gasteiger partial charge in [0.2, 0.25) is 11.8 Å². The first-order chi connectivity index (χ1) is 23.1. The molecule has 2 bridgehead atoms. The number of aliphatic hydroxyl groups is 1. The molecule has 1 aliphatic carbocycles. The first kappa shape index (κ1) is 37.0. The Bertz CT molecular complexity index is 1540. The molecule has 4 N–H and O–H groups in total. The van der Waals surface area contributed by atoms with E-state index >= 15 is 0 Å². The number of aryl methyl sites for hydroxylation is 1. The summed E-state index contributed by atoms with van der Waals surface area (Å²) in [5.74, 6) is -1.52. The summed E-state index contributed by atoms with van der Waals surface area (Å²) in [5.41, 5.74) is 4.03. The van der Waals surface area contributed by atoms with Gasteiger partial charge in [0.05, 0.1) is 40.0 Å². The standard InChI is InChI=1S/C37H49N3O7S/c1-23-14-13-18-28-34(43)29(21-30-35(28)48-22-38-30)40-32(41)20-27(46-4)17-11-6-5-7-12-19-31(24(2)33(23)42)47-37(45)25(3)39-36(44)26-15-9-8-10-16-26/h5-7,11-12,14,17,21-22,24-27,31,33,42-43H,8-10,13,15-16,18-20H2,1-4H3,(H,39,44)(H,40,41)/b6-5-,12-7-,17-11-,23-14-/t24-,25+,27+,31+,33-/m0/s1. The maximum Gasteiger partial charge on any atom is 0.328 e. The number of hydrogen-bond acceptors (Lipinski definition) is 9. The molecule has 5 atom stereocenters. The molecule has 4 rings (SSSR count). The molecule has 1 saturated carbocycles. The average molecular weight is 680 g/mol. The molecule has 260 valence electrons. The average Bonchev–Trinajstić information content (AvgIpc) is 3.55. The largest absolute Gasteiger partial charge is 0.505 e. The Balaban J connectivity index is 1.56. The zero-order valence-electron chi connectivity index (χ0n) is 28.3. The molecule has 0 spiro atoms. The topological polar surface area (TPSA) is 147 Å². The Hall–Kier alpha value is -3.80. The van der Waals surface area contributed by atoms with Crippen LogP contribution in [-0.2, 0) is 30.3 Å². The number of carbonyl (C=O) groups excluding carboxylic acids is 3. The second kappa shape index (κ2) is 18.1. The van der Waals surface area contributed by atoms with Gasteiger partial charge >= 0.3 is 5.97 Å². The van der Waals surface area contributed by atoms with E-state index in [4.69, 9.17) is 9.47 Å². The lowest BCUT2D eigenvalue weighted by atomic mass is 9.88. The van der Waals surface area contributed by atoms with E-state index in [9.17, 15) is 24.6 Å². The Morgan fingerprint density at radius 1 is 1.15 bits per heavy atom. The van der Waals surface area contributed by atoms with E-state index in [1.807, 2.05) is 38.2 Å². The zero-order valence-corrected chi connectivity index (χ0v) is 29.1. The number of allylic oxidation sites excluding steroid dienone is 5. The fourth-order valence-corrected chi connectivity index (χ4v) is 7.01. The summed E-state index contributed by atoms with van der Waals surface area (Å²) < 4.78 is 12.3. The van der Waals surface area contributed by atoms with Gasteiger partial charge in [0.25, 0.3) is 0 Å². The van der Waals surface area contributed by atoms with Crippen LogP contribution in [-0.4, -0.2) is 64.4 Å². The van der Waals surface area contributed by atoms with E-state index in [0.717, 1.165) is 36.8 Å². The minimum absolute atomic E-state index is 0.0128. The minimum atomic E-state index is -0.912. The molecule has 10 nitrogen and oxygen atoms in total. The third kappa shape index (κ3) is 10.1. The smallest absolute Gasteiger partial charge is 0.328 e. The Labute approximate surface area is 287 Å². The first-order valence-corrected chi connectivity index (χ1v) is 17.7. The number of phenols is 1. The molecule has 1 aliphatic heterocycles. The summed E-state index contributed by atoms with van der Waals surface area (Å²) in [6.45, 7) is 5.31. The van der Waals surface area contributed by atoms with Gasteiger partial charge in [-0.05, 0) is 51.2 Å². The van der Waals surface area contributed by atoms with Crippen molar-refractivity contribution in [2.24, 2.45) is 11.8 Å². The molecule has 0 saturated heterocycles. The van der Waals surface area contributed by atoms with Crippen molar-refractivity contribution in [2.45, 2.75) is 103 Å². The number of anilines is 1. The van der Waals surface area contributed by atoms with Crippen LogP contribution in [0.4, 0.5) is 5.69 Å². The number of carbonyl (C=O) groups is 3. The molecule has 2 aromatic rings. The molecular formula is C37H49N3O7S. The van der Waals surface area contributed by atoms with Crippen LogP contribution in [0, 0.1) is 11.8 Å². The highest BCUT2D eigenvalue weighted by atomic mass is 32.1. The van der Waals surface area contributed by atoms with Crippen LogP contribution in [0.2, 0.25) is 0 Å². The van der Waals surface area contributed by atoms with Gasteiger partial charge in [-0.3, -0.25) is 9.59 Å². The van der Waals surface area contributed by atoms with Gasteiger partial charge in [-0.2, -0.15) is 0 Å². The molecule has 0 radical (unpaired) electrons. The van der Waals surface area contributed by atoms with Gasteiger partial charge in [-0.25, -0.2) is 9.78 Å². The lowest BCUT2D eigenvalue weighted by Crippen LogP contribution is -2.45. The summed E-state index contributed by atoms with van der Waals surface area (Å²) >= 11 is 1.41. The maximum atomic E-state index is 13.2. The second-order valence-corrected chi connectivity index (χ2v) is 13.6. The highest BCUT2D eigenvalue weighted by Crippen LogP contribution is 2.38. The number of fused-ring (bicyclic) bond motifs is 4. The van der Waals surface area contributed by atoms with E-state index in [1.54, 1.807) is 36.7 Å². The minimum Gasteiger partial charge on any atom is -0.505 e. The molecule has 2 heterocycles. The van der Waals surface area contributed by atoms with E-state index in [2.05, 4.69) is 15.6 Å². The zero-order chi connectivity index (χ0) is 34.6. The number of rotatable bonds is 5. The van der Waals surface area contributed by atoms with Gasteiger partial charge in [0.15, 0.2) is 0 Å². The number of benzene rings is 1. The number of hydrogen-bond donors (Lipinski definition) is 4. The van der Waals surface area contributed by atoms with Crippen LogP contribution in [0.25, 0.3) is 10.2 Å². The Kier molecular flexibility index (Phi) is 14.0. The van der Waals surface area contributed by atoms with Gasteiger partial charge in [0, 0.05) is 30.9 Å². The number of phenolic OH excluding ortho intramolecular Hbond substituents is 1. The van der Waals surface area contributed by atoms with Crippen molar-refractivity contribution in [3.8, 4) is 5.75 Å². The number of aromatic nitrogens is 1. The van der Waals surface area contributed by atoms with E-state index in [1.165, 1.54) is 18.4 Å². The molecular weight excluding hydrogens is 630 g/mol. The predicted molar refractivity (Wildman–Crippen MR) is 189 cm³/mol. The number of aliphatic hydroxyl groups excluding tert-OH is 1. The number of thiazole rings is 1. The van der Waals surface area contributed by atoms with Crippen molar-refractivity contribution < 1.29 is 34.1 Å². The highest BCUT2D eigenvalue weighted by molar-refractivity contribution is 7.17. The predicted octanol–water partition coefficient (Wildman–Crippen LogP) is 6.29. The summed E-state index contributed by atoms with van der Waals surface area (Å²) in [7, 11) is 1.53. The number of amides is 2. The van der Waals surface area contributed by atoms with Crippen molar-refractivity contribution in [2.75, 3.05) is 12.4 Å². The van der Waals surface area contributed by atoms with Crippen LogP contribution in [0.5, 0.6) is 5.75 Å². The number of esters is 1. The summed E-state index contributed by atoms with van der Waals surface area (Å²) in [4.78, 5) is 43.3. The van der Waals surface area contributed by atoms with Gasteiger partial charge in [-0.1, -0.05) is 68.7 Å². The molecule has 2 aliphatic rings. The summed E-state index contributed by atoms with van der Waals surface area (Å²) in [6.07, 6.45) is 16.9. The van der Waals surface area contributed by atoms with Crippen molar-refractivity contribution >= 4 is 45.0 Å². The lowest BCUT2D eigenvalue weighted by molar-refractivity contribution is -0.156. The van der Waals surface area contributed by atoms with Crippen LogP contribution < -0.4 is 10.6 Å². The number of methoxy groups -OCH3 is 1. The molecule has 2 amide bonds. The quantitative estimate of drug-likeness (QED) is 0.164. The van der Waals surface area contributed by atoms with Gasteiger partial charge < -0.3 is 30.3 Å². The normalized spacial score (nSPS) is 27.4. The number of ether oxygens (including phenoxy) is 2. The van der Waals surface area contributed by atoms with Crippen molar-refractivity contribution in [1.29, 1.82) is 0 Å². The highest BCUT2D eigenvalue weighted by Gasteiger charge is 2.31. The van der Waals surface area contributed by atoms with E-state index in [-0.39, 0.29) is 35.6 Å². The third-order valence-corrected chi connectivity index (χ3v) is 10.1. The fourth-order valence-electron chi connectivity index (χ4n) is 6.17. The lowest BCUT2D eigenvalue weighted by Gasteiger charge is -2.29. The molecule has 1 aromatic carbocycles. The third-order valence-electron chi connectivity index (χ3n) is 9.19. The second-order valence-electron chi connectivity index (χ2n) is 12.7. The van der Waals surface area contributed by atoms with Crippen LogP contribution in [0.1, 0.15) is 77.7 Å². The Morgan fingerprint density at radius 2 is 1.90 bits per heavy atom. The summed E-state index contributed by atoms with van der Waals surface area (Å²) in [6, 6.07) is 0.850. The number of nitrogens with one attached hydrogen (secondary N) is 2. The maximum absolute atomic E-state index is 13.2. The van der Waals surface area contributed by atoms with E-state index < -0.39 is 36.2 Å². The van der Waals surface area contributed by atoms with Crippen LogP contribution >= 0.6 is 11.3 Å². The van der Waals surface area contributed by atoms with Gasteiger partial charge in [-0.15, -0.1) is 11.3 Å². The molecule has 0 unspecified atom stereocenters. The van der Waals surface area contributed by atoms with Gasteiger partial charge in [0.1, 0.15) is 17.9 Å². The number of nitrogens with zero attached hydrogens (tertiary/aromatic N) is 1.